The Morgan fingerprint density at radius 3 is 1.33 bits per heavy atom. The van der Waals surface area contributed by atoms with Crippen molar-refractivity contribution in [2.24, 2.45) is 0 Å². The lowest BCUT2D eigenvalue weighted by molar-refractivity contribution is -0.124. The Bertz CT molecular complexity index is 98.8. The largest absolute Gasteiger partial charge is 0.396 e. The fourth-order valence-electron chi connectivity index (χ4n) is 0.351. The predicted molar refractivity (Wildman–Crippen MR) is 35.2 cm³/mol. The van der Waals surface area contributed by atoms with Crippen LogP contribution in [0, 0.1) is 0 Å². The van der Waals surface area contributed by atoms with E-state index in [-0.39, 0.29) is 18.0 Å². The lowest BCUT2D eigenvalue weighted by Gasteiger charge is -1.81. The van der Waals surface area contributed by atoms with Crippen molar-refractivity contribution in [3.63, 3.8) is 0 Å². The van der Waals surface area contributed by atoms with Gasteiger partial charge in [-0.3, -0.25) is 9.59 Å². The molecule has 0 amide bonds. The van der Waals surface area contributed by atoms with Crippen LogP contribution in [0.4, 0.5) is 0 Å². The van der Waals surface area contributed by atoms with Crippen LogP contribution in [0.15, 0.2) is 0 Å². The molecule has 4 heteroatoms. The molecule has 0 aromatic heterocycles. The van der Waals surface area contributed by atoms with Crippen LogP contribution < -0.4 is 0 Å². The minimum atomic E-state index is -0.0625. The summed E-state index contributed by atoms with van der Waals surface area (Å²) < 4.78 is 8.28. The highest BCUT2D eigenvalue weighted by Crippen LogP contribution is 1.80. The molecule has 0 atom stereocenters. The van der Waals surface area contributed by atoms with E-state index in [9.17, 15) is 9.59 Å². The molecule has 0 unspecified atom stereocenters. The van der Waals surface area contributed by atoms with E-state index in [1.165, 1.54) is 13.8 Å². The average Bonchev–Trinajstić information content (AvgIpc) is 1.68. The Hall–Kier alpha value is -0.643. The van der Waals surface area contributed by atoms with Crippen molar-refractivity contribution < 1.29 is 14.1 Å². The summed E-state index contributed by atoms with van der Waals surface area (Å²) >= 11 is 0. The first kappa shape index (κ1) is 11.2. The lowest BCUT2D eigenvalue weighted by atomic mass is 10.2. The number of carbonyl (C=O) groups excluding carboxylic acids is 2. The molecule has 0 aliphatic carbocycles. The van der Waals surface area contributed by atoms with Gasteiger partial charge in [-0.2, -0.15) is 0 Å². The van der Waals surface area contributed by atoms with Crippen molar-refractivity contribution in [3.8, 4) is 0 Å². The molecular formula is C5H10O3Si. The predicted octanol–water partition coefficient (Wildman–Crippen LogP) is -0.481. The maximum absolute atomic E-state index is 10.0. The number of rotatable bonds is 2. The molecule has 0 saturated heterocycles. The summed E-state index contributed by atoms with van der Waals surface area (Å²) in [6.45, 7) is 2.81. The van der Waals surface area contributed by atoms with E-state index >= 15 is 0 Å². The highest BCUT2D eigenvalue weighted by atomic mass is 28.1. The van der Waals surface area contributed by atoms with Gasteiger partial charge >= 0.3 is 0 Å². The summed E-state index contributed by atoms with van der Waals surface area (Å²) in [5.74, 6) is -0.125. The molecule has 0 aliphatic rings. The molecule has 0 radical (unpaired) electrons. The molecule has 0 bridgehead atoms. The van der Waals surface area contributed by atoms with Gasteiger partial charge in [-0.25, -0.2) is 0 Å². The van der Waals surface area contributed by atoms with Crippen LogP contribution in [0.3, 0.4) is 0 Å². The summed E-state index contributed by atoms with van der Waals surface area (Å²) in [6.07, 6.45) is 0.0833. The molecule has 0 fully saturated rings. The van der Waals surface area contributed by atoms with Crippen molar-refractivity contribution >= 4 is 21.7 Å². The van der Waals surface area contributed by atoms with Crippen LogP contribution in [-0.2, 0) is 14.1 Å². The SMILES string of the molecule is CC(=O)CC(C)=O.O=[SiH2]. The molecule has 0 N–H and O–H groups in total. The molecule has 0 spiro atoms. The third-order valence-corrected chi connectivity index (χ3v) is 0.498. The Morgan fingerprint density at radius 1 is 1.11 bits per heavy atom. The third kappa shape index (κ3) is 18.7. The van der Waals surface area contributed by atoms with Crippen molar-refractivity contribution in [2.75, 3.05) is 0 Å². The topological polar surface area (TPSA) is 51.2 Å². The van der Waals surface area contributed by atoms with Crippen molar-refractivity contribution in [3.05, 3.63) is 0 Å². The van der Waals surface area contributed by atoms with Gasteiger partial charge in [0.05, 0.1) is 6.42 Å². The van der Waals surface area contributed by atoms with E-state index in [0.29, 0.717) is 10.1 Å². The molecule has 0 saturated carbocycles. The van der Waals surface area contributed by atoms with Crippen molar-refractivity contribution in [1.29, 1.82) is 0 Å². The Kier molecular flexibility index (Phi) is 9.15. The fraction of sp³-hybridized carbons (Fsp3) is 0.600. The Balaban J connectivity index is 0. The highest BCUT2D eigenvalue weighted by molar-refractivity contribution is 5.96. The molecule has 0 aromatic carbocycles. The number of ketones is 2. The first-order valence-electron chi connectivity index (χ1n) is 2.40. The van der Waals surface area contributed by atoms with E-state index < -0.39 is 0 Å². The zero-order valence-electron chi connectivity index (χ0n) is 5.64. The van der Waals surface area contributed by atoms with Crippen molar-refractivity contribution in [2.45, 2.75) is 20.3 Å². The molecular weight excluding hydrogens is 136 g/mol. The van der Waals surface area contributed by atoms with Crippen LogP contribution in [0.5, 0.6) is 0 Å². The van der Waals surface area contributed by atoms with Gasteiger partial charge in [-0.05, 0) is 13.8 Å². The normalized spacial score (nSPS) is 6.89. The van der Waals surface area contributed by atoms with Gasteiger partial charge in [-0.15, -0.1) is 0 Å². The van der Waals surface area contributed by atoms with Crippen LogP contribution in [0.25, 0.3) is 0 Å². The van der Waals surface area contributed by atoms with Gasteiger partial charge in [0.15, 0.2) is 0 Å². The van der Waals surface area contributed by atoms with E-state index in [4.69, 9.17) is 4.46 Å². The quantitative estimate of drug-likeness (QED) is 0.390. The van der Waals surface area contributed by atoms with E-state index in [1.807, 2.05) is 0 Å². The molecule has 9 heavy (non-hydrogen) atoms. The Morgan fingerprint density at radius 2 is 1.33 bits per heavy atom. The second-order valence-corrected chi connectivity index (χ2v) is 1.58. The van der Waals surface area contributed by atoms with Gasteiger partial charge in [0.2, 0.25) is 10.1 Å². The summed E-state index contributed by atoms with van der Waals surface area (Å²) in [5, 5.41) is 0. The van der Waals surface area contributed by atoms with Crippen LogP contribution in [-0.4, -0.2) is 21.7 Å². The lowest BCUT2D eigenvalue weighted by Crippen LogP contribution is -1.97. The number of hydrogen-bond acceptors (Lipinski definition) is 3. The fourth-order valence-corrected chi connectivity index (χ4v) is 0.351. The van der Waals surface area contributed by atoms with Crippen LogP contribution in [0.2, 0.25) is 0 Å². The highest BCUT2D eigenvalue weighted by Gasteiger charge is 1.94. The Labute approximate surface area is 56.9 Å². The van der Waals surface area contributed by atoms with Gasteiger partial charge in [0.1, 0.15) is 11.6 Å². The molecule has 0 heterocycles. The first-order valence-corrected chi connectivity index (χ1v) is 2.98. The van der Waals surface area contributed by atoms with Gasteiger partial charge in [-0.1, -0.05) is 0 Å². The van der Waals surface area contributed by atoms with E-state index in [1.54, 1.807) is 0 Å². The molecule has 0 aromatic rings. The second kappa shape index (κ2) is 7.36. The van der Waals surface area contributed by atoms with Crippen LogP contribution in [0.1, 0.15) is 20.3 Å². The zero-order chi connectivity index (χ0) is 7.86. The van der Waals surface area contributed by atoms with Gasteiger partial charge < -0.3 is 4.46 Å². The number of carbonyl (C=O) groups is 2. The standard InChI is InChI=1S/C5H8O2.H2OSi/c1-4(6)3-5(2)7;1-2/h3H2,1-2H3;2H2. The van der Waals surface area contributed by atoms with Crippen LogP contribution >= 0.6 is 0 Å². The number of Topliss-reactive ketones (excluding diaryl/α,β-unsaturated/α-hetero) is 2. The molecule has 0 aliphatic heterocycles. The van der Waals surface area contributed by atoms with E-state index in [2.05, 4.69) is 0 Å². The second-order valence-electron chi connectivity index (χ2n) is 1.58. The number of hydrogen-bond donors (Lipinski definition) is 0. The summed E-state index contributed by atoms with van der Waals surface area (Å²) in [7, 11) is 0.611. The average molecular weight is 146 g/mol. The summed E-state index contributed by atoms with van der Waals surface area (Å²) in [5.41, 5.74) is 0. The smallest absolute Gasteiger partial charge is 0.245 e. The van der Waals surface area contributed by atoms with Gasteiger partial charge in [0, 0.05) is 0 Å². The maximum atomic E-state index is 10.0. The zero-order valence-corrected chi connectivity index (χ0v) is 7.05. The minimum absolute atomic E-state index is 0.0625. The monoisotopic (exact) mass is 146 g/mol. The van der Waals surface area contributed by atoms with Gasteiger partial charge in [0.25, 0.3) is 0 Å². The minimum Gasteiger partial charge on any atom is -0.396 e. The summed E-state index contributed by atoms with van der Waals surface area (Å²) in [4.78, 5) is 20.1. The summed E-state index contributed by atoms with van der Waals surface area (Å²) in [6, 6.07) is 0. The molecule has 52 valence electrons. The van der Waals surface area contributed by atoms with E-state index in [0.717, 1.165) is 0 Å². The molecule has 3 nitrogen and oxygen atoms in total. The first-order chi connectivity index (χ1) is 4.13. The molecule has 0 rings (SSSR count). The third-order valence-electron chi connectivity index (χ3n) is 0.498. The van der Waals surface area contributed by atoms with Crippen molar-refractivity contribution in [1.82, 2.24) is 0 Å². The maximum Gasteiger partial charge on any atom is 0.245 e.